The monoisotopic (exact) mass is 461 g/mol. The Balaban J connectivity index is 1.38. The van der Waals surface area contributed by atoms with E-state index in [9.17, 15) is 9.90 Å². The average Bonchev–Trinajstić information content (AvgIpc) is 3.39. The van der Waals surface area contributed by atoms with Crippen LogP contribution in [0.25, 0.3) is 11.0 Å². The van der Waals surface area contributed by atoms with Gasteiger partial charge in [0.25, 0.3) is 0 Å². The smallest absolute Gasteiger partial charge is 0.227 e. The molecular weight excluding hydrogens is 438 g/mol. The number of halogens is 1. The highest BCUT2D eigenvalue weighted by Gasteiger charge is 2.35. The van der Waals surface area contributed by atoms with Crippen LogP contribution in [0.4, 0.5) is 5.69 Å². The molecule has 7 heteroatoms. The lowest BCUT2D eigenvalue weighted by atomic mass is 10.1. The van der Waals surface area contributed by atoms with E-state index in [-0.39, 0.29) is 18.4 Å². The van der Waals surface area contributed by atoms with Crippen LogP contribution in [-0.4, -0.2) is 39.8 Å². The third-order valence-electron chi connectivity index (χ3n) is 5.89. The van der Waals surface area contributed by atoms with E-state index in [0.717, 1.165) is 22.5 Å². The number of carbonyl (C=O) groups is 1. The fourth-order valence-corrected chi connectivity index (χ4v) is 4.45. The van der Waals surface area contributed by atoms with Gasteiger partial charge in [0.05, 0.1) is 17.6 Å². The fraction of sp³-hybridized carbons (Fsp3) is 0.231. The molecule has 1 amide bonds. The zero-order valence-corrected chi connectivity index (χ0v) is 18.7. The molecule has 1 aromatic heterocycles. The maximum atomic E-state index is 12.8. The lowest BCUT2D eigenvalue weighted by molar-refractivity contribution is -0.117. The SMILES string of the molecule is O=C1C[C@@H](c2nc3ccccc3n2C[C@@H](O)COc2ccccc2)CN1c1ccc(Cl)cc1. The van der Waals surface area contributed by atoms with E-state index < -0.39 is 6.10 Å². The Labute approximate surface area is 197 Å². The summed E-state index contributed by atoms with van der Waals surface area (Å²) >= 11 is 6.01. The van der Waals surface area contributed by atoms with Gasteiger partial charge in [0.1, 0.15) is 24.3 Å². The molecule has 5 rings (SSSR count). The van der Waals surface area contributed by atoms with Crippen LogP contribution >= 0.6 is 11.6 Å². The highest BCUT2D eigenvalue weighted by molar-refractivity contribution is 6.30. The summed E-state index contributed by atoms with van der Waals surface area (Å²) in [6.07, 6.45) is -0.367. The number of rotatable bonds is 7. The Hall–Kier alpha value is -3.35. The second kappa shape index (κ2) is 9.25. The van der Waals surface area contributed by atoms with Crippen LogP contribution in [0.3, 0.4) is 0 Å². The number of nitrogens with zero attached hydrogens (tertiary/aromatic N) is 3. The number of benzene rings is 3. The van der Waals surface area contributed by atoms with Crippen LogP contribution in [0.5, 0.6) is 5.75 Å². The van der Waals surface area contributed by atoms with Crippen LogP contribution < -0.4 is 9.64 Å². The van der Waals surface area contributed by atoms with E-state index in [1.54, 1.807) is 17.0 Å². The van der Waals surface area contributed by atoms with Crippen molar-refractivity contribution in [2.75, 3.05) is 18.1 Å². The van der Waals surface area contributed by atoms with Crippen LogP contribution in [-0.2, 0) is 11.3 Å². The number of ether oxygens (including phenoxy) is 1. The van der Waals surface area contributed by atoms with Crippen molar-refractivity contribution in [2.45, 2.75) is 25.0 Å². The number of hydrogen-bond donors (Lipinski definition) is 1. The van der Waals surface area contributed by atoms with E-state index in [1.807, 2.05) is 71.3 Å². The molecule has 0 unspecified atom stereocenters. The number of para-hydroxylation sites is 3. The maximum Gasteiger partial charge on any atom is 0.227 e. The van der Waals surface area contributed by atoms with Crippen molar-refractivity contribution in [3.8, 4) is 5.75 Å². The zero-order chi connectivity index (χ0) is 22.8. The molecule has 3 aromatic carbocycles. The first-order valence-electron chi connectivity index (χ1n) is 11.0. The predicted octanol–water partition coefficient (Wildman–Crippen LogP) is 4.65. The molecule has 1 fully saturated rings. The normalized spacial score (nSPS) is 17.0. The molecule has 1 N–H and O–H groups in total. The van der Waals surface area contributed by atoms with Gasteiger partial charge in [0.2, 0.25) is 5.91 Å². The molecule has 1 aliphatic rings. The van der Waals surface area contributed by atoms with Crippen molar-refractivity contribution in [2.24, 2.45) is 0 Å². The molecule has 0 bridgehead atoms. The van der Waals surface area contributed by atoms with Crippen LogP contribution in [0, 0.1) is 0 Å². The number of fused-ring (bicyclic) bond motifs is 1. The van der Waals surface area contributed by atoms with Crippen molar-refractivity contribution in [1.82, 2.24) is 9.55 Å². The number of amides is 1. The summed E-state index contributed by atoms with van der Waals surface area (Å²) in [7, 11) is 0. The first-order valence-corrected chi connectivity index (χ1v) is 11.3. The van der Waals surface area contributed by atoms with Gasteiger partial charge in [0.15, 0.2) is 0 Å². The number of aromatic nitrogens is 2. The van der Waals surface area contributed by atoms with E-state index in [4.69, 9.17) is 21.3 Å². The first kappa shape index (κ1) is 21.5. The molecule has 0 aliphatic carbocycles. The minimum Gasteiger partial charge on any atom is -0.491 e. The summed E-state index contributed by atoms with van der Waals surface area (Å²) in [6.45, 7) is 1.02. The van der Waals surface area contributed by atoms with Gasteiger partial charge in [0, 0.05) is 29.6 Å². The first-order chi connectivity index (χ1) is 16.1. The van der Waals surface area contributed by atoms with E-state index in [0.29, 0.717) is 30.3 Å². The van der Waals surface area contributed by atoms with Crippen molar-refractivity contribution in [3.05, 3.63) is 89.7 Å². The third kappa shape index (κ3) is 4.58. The Morgan fingerprint density at radius 3 is 2.55 bits per heavy atom. The molecular formula is C26H24ClN3O3. The molecule has 168 valence electrons. The lowest BCUT2D eigenvalue weighted by Crippen LogP contribution is -2.26. The van der Waals surface area contributed by atoms with Gasteiger partial charge in [-0.2, -0.15) is 0 Å². The molecule has 2 heterocycles. The quantitative estimate of drug-likeness (QED) is 0.435. The Bertz CT molecular complexity index is 1260. The lowest BCUT2D eigenvalue weighted by Gasteiger charge is -2.19. The minimum atomic E-state index is -0.731. The summed E-state index contributed by atoms with van der Waals surface area (Å²) in [5, 5.41) is 11.4. The molecule has 33 heavy (non-hydrogen) atoms. The minimum absolute atomic E-state index is 0.0499. The Morgan fingerprint density at radius 2 is 1.76 bits per heavy atom. The molecule has 2 atom stereocenters. The number of imidazole rings is 1. The van der Waals surface area contributed by atoms with Crippen LogP contribution in [0.1, 0.15) is 18.2 Å². The third-order valence-corrected chi connectivity index (χ3v) is 6.14. The number of aliphatic hydroxyl groups is 1. The Morgan fingerprint density at radius 1 is 1.03 bits per heavy atom. The van der Waals surface area contributed by atoms with Gasteiger partial charge in [-0.15, -0.1) is 0 Å². The summed E-state index contributed by atoms with van der Waals surface area (Å²) in [4.78, 5) is 19.5. The van der Waals surface area contributed by atoms with Crippen molar-refractivity contribution < 1.29 is 14.6 Å². The standard InChI is InChI=1S/C26H24ClN3O3/c27-19-10-12-20(13-11-19)29-15-18(14-25(29)32)26-28-23-8-4-5-9-24(23)30(26)16-21(31)17-33-22-6-2-1-3-7-22/h1-13,18,21,31H,14-17H2/t18-,21-/m1/s1. The summed E-state index contributed by atoms with van der Waals surface area (Å²) in [6, 6.07) is 24.6. The number of hydrogen-bond acceptors (Lipinski definition) is 4. The van der Waals surface area contributed by atoms with Crippen molar-refractivity contribution >= 4 is 34.2 Å². The zero-order valence-electron chi connectivity index (χ0n) is 18.0. The predicted molar refractivity (Wildman–Crippen MR) is 129 cm³/mol. The fourth-order valence-electron chi connectivity index (χ4n) is 4.32. The molecule has 0 spiro atoms. The van der Waals surface area contributed by atoms with E-state index in [2.05, 4.69) is 0 Å². The van der Waals surface area contributed by atoms with Gasteiger partial charge in [-0.25, -0.2) is 4.98 Å². The van der Waals surface area contributed by atoms with Gasteiger partial charge in [-0.05, 0) is 48.5 Å². The molecule has 0 saturated carbocycles. The second-order valence-electron chi connectivity index (χ2n) is 8.23. The molecule has 1 aliphatic heterocycles. The number of aliphatic hydroxyl groups excluding tert-OH is 1. The maximum absolute atomic E-state index is 12.8. The molecule has 0 radical (unpaired) electrons. The highest BCUT2D eigenvalue weighted by Crippen LogP contribution is 2.33. The largest absolute Gasteiger partial charge is 0.491 e. The van der Waals surface area contributed by atoms with Gasteiger partial charge >= 0.3 is 0 Å². The van der Waals surface area contributed by atoms with Gasteiger partial charge in [-0.3, -0.25) is 4.79 Å². The van der Waals surface area contributed by atoms with Gasteiger partial charge in [-0.1, -0.05) is 41.9 Å². The average molecular weight is 462 g/mol. The van der Waals surface area contributed by atoms with E-state index >= 15 is 0 Å². The highest BCUT2D eigenvalue weighted by atomic mass is 35.5. The summed E-state index contributed by atoms with van der Waals surface area (Å²) < 4.78 is 7.76. The summed E-state index contributed by atoms with van der Waals surface area (Å²) in [5.74, 6) is 1.49. The second-order valence-corrected chi connectivity index (χ2v) is 8.67. The Kier molecular flexibility index (Phi) is 6.03. The number of anilines is 1. The van der Waals surface area contributed by atoms with Crippen LogP contribution in [0.2, 0.25) is 5.02 Å². The molecule has 6 nitrogen and oxygen atoms in total. The van der Waals surface area contributed by atoms with Gasteiger partial charge < -0.3 is 19.3 Å². The summed E-state index contributed by atoms with van der Waals surface area (Å²) in [5.41, 5.74) is 2.61. The molecule has 4 aromatic rings. The molecule has 1 saturated heterocycles. The topological polar surface area (TPSA) is 67.6 Å². The van der Waals surface area contributed by atoms with Crippen molar-refractivity contribution in [3.63, 3.8) is 0 Å². The van der Waals surface area contributed by atoms with Crippen LogP contribution in [0.15, 0.2) is 78.9 Å². The number of carbonyl (C=O) groups excluding carboxylic acids is 1. The van der Waals surface area contributed by atoms with Crippen molar-refractivity contribution in [1.29, 1.82) is 0 Å². The van der Waals surface area contributed by atoms with E-state index in [1.165, 1.54) is 0 Å².